The van der Waals surface area contributed by atoms with Crippen LogP contribution in [0.25, 0.3) is 0 Å². The summed E-state index contributed by atoms with van der Waals surface area (Å²) in [5, 5.41) is 16.8. The average Bonchev–Trinajstić information content (AvgIpc) is 2.58. The Labute approximate surface area is 151 Å². The number of nitrogens with zero attached hydrogens (tertiary/aromatic N) is 1. The van der Waals surface area contributed by atoms with Crippen LogP contribution in [0, 0.1) is 0 Å². The maximum Gasteiger partial charge on any atom is 0.326 e. The predicted molar refractivity (Wildman–Crippen MR) is 95.6 cm³/mol. The molecule has 0 spiro atoms. The SMILES string of the molecule is CC(=O)NCCN(C(=O)C(C)NC(=O)Nc1ccccc1)C(C)C(=O)O. The van der Waals surface area contributed by atoms with Crippen molar-refractivity contribution in [1.29, 1.82) is 0 Å². The quantitative estimate of drug-likeness (QED) is 0.538. The maximum absolute atomic E-state index is 12.6. The van der Waals surface area contributed by atoms with Gasteiger partial charge >= 0.3 is 12.0 Å². The summed E-state index contributed by atoms with van der Waals surface area (Å²) in [4.78, 5) is 47.9. The van der Waals surface area contributed by atoms with Crippen molar-refractivity contribution >= 4 is 29.5 Å². The summed E-state index contributed by atoms with van der Waals surface area (Å²) in [6.07, 6.45) is 0. The number of carbonyl (C=O) groups excluding carboxylic acids is 3. The molecule has 0 heterocycles. The molecule has 1 rings (SSSR count). The fourth-order valence-corrected chi connectivity index (χ4v) is 2.18. The molecule has 0 aliphatic carbocycles. The molecule has 4 N–H and O–H groups in total. The Bertz CT molecular complexity index is 650. The van der Waals surface area contributed by atoms with E-state index in [1.807, 2.05) is 0 Å². The molecule has 0 bridgehead atoms. The smallest absolute Gasteiger partial charge is 0.326 e. The van der Waals surface area contributed by atoms with Crippen LogP contribution in [0.5, 0.6) is 0 Å². The molecule has 0 aliphatic rings. The molecule has 9 heteroatoms. The second-order valence-corrected chi connectivity index (χ2v) is 5.71. The number of anilines is 1. The van der Waals surface area contributed by atoms with Crippen LogP contribution in [0.3, 0.4) is 0 Å². The molecule has 142 valence electrons. The van der Waals surface area contributed by atoms with Crippen molar-refractivity contribution in [2.45, 2.75) is 32.9 Å². The van der Waals surface area contributed by atoms with Crippen LogP contribution in [-0.2, 0) is 14.4 Å². The van der Waals surface area contributed by atoms with Gasteiger partial charge in [-0.15, -0.1) is 0 Å². The number of para-hydroxylation sites is 1. The van der Waals surface area contributed by atoms with Crippen LogP contribution in [-0.4, -0.2) is 59.0 Å². The van der Waals surface area contributed by atoms with Gasteiger partial charge in [0.25, 0.3) is 0 Å². The predicted octanol–water partition coefficient (Wildman–Crippen LogP) is 0.634. The van der Waals surface area contributed by atoms with Crippen LogP contribution in [0.1, 0.15) is 20.8 Å². The molecule has 0 aromatic heterocycles. The van der Waals surface area contributed by atoms with E-state index in [0.717, 1.165) is 4.90 Å². The molecule has 9 nitrogen and oxygen atoms in total. The van der Waals surface area contributed by atoms with Gasteiger partial charge in [-0.2, -0.15) is 0 Å². The monoisotopic (exact) mass is 364 g/mol. The van der Waals surface area contributed by atoms with Crippen molar-refractivity contribution in [1.82, 2.24) is 15.5 Å². The Morgan fingerprint density at radius 1 is 1.12 bits per heavy atom. The topological polar surface area (TPSA) is 128 Å². The van der Waals surface area contributed by atoms with E-state index in [0.29, 0.717) is 5.69 Å². The molecule has 1 aromatic carbocycles. The van der Waals surface area contributed by atoms with Crippen LogP contribution >= 0.6 is 0 Å². The number of nitrogens with one attached hydrogen (secondary N) is 3. The van der Waals surface area contributed by atoms with E-state index in [2.05, 4.69) is 16.0 Å². The summed E-state index contributed by atoms with van der Waals surface area (Å²) in [6, 6.07) is 6.06. The van der Waals surface area contributed by atoms with Gasteiger partial charge < -0.3 is 26.0 Å². The van der Waals surface area contributed by atoms with Gasteiger partial charge in [-0.3, -0.25) is 9.59 Å². The Hall–Kier alpha value is -3.10. The van der Waals surface area contributed by atoms with Crippen LogP contribution in [0.15, 0.2) is 30.3 Å². The highest BCUT2D eigenvalue weighted by Crippen LogP contribution is 2.06. The van der Waals surface area contributed by atoms with E-state index >= 15 is 0 Å². The fourth-order valence-electron chi connectivity index (χ4n) is 2.18. The van der Waals surface area contributed by atoms with Crippen molar-refractivity contribution in [3.05, 3.63) is 30.3 Å². The van der Waals surface area contributed by atoms with Gasteiger partial charge in [0, 0.05) is 25.7 Å². The summed E-state index contributed by atoms with van der Waals surface area (Å²) in [7, 11) is 0. The summed E-state index contributed by atoms with van der Waals surface area (Å²) in [5.41, 5.74) is 0.561. The zero-order valence-electron chi connectivity index (χ0n) is 15.0. The Balaban J connectivity index is 2.70. The largest absolute Gasteiger partial charge is 0.480 e. The molecule has 0 saturated heterocycles. The van der Waals surface area contributed by atoms with Gasteiger partial charge in [0.2, 0.25) is 11.8 Å². The first-order valence-corrected chi connectivity index (χ1v) is 8.12. The summed E-state index contributed by atoms with van der Waals surface area (Å²) >= 11 is 0. The normalized spacial score (nSPS) is 12.4. The van der Waals surface area contributed by atoms with Gasteiger partial charge in [-0.25, -0.2) is 9.59 Å². The summed E-state index contributed by atoms with van der Waals surface area (Å²) in [6.45, 7) is 4.28. The third-order valence-electron chi connectivity index (χ3n) is 3.58. The third-order valence-corrected chi connectivity index (χ3v) is 3.58. The number of amides is 4. The third kappa shape index (κ3) is 6.80. The second kappa shape index (κ2) is 10.0. The number of aliphatic carboxylic acids is 1. The molecular weight excluding hydrogens is 340 g/mol. The lowest BCUT2D eigenvalue weighted by molar-refractivity contribution is -0.150. The van der Waals surface area contributed by atoms with E-state index in [1.54, 1.807) is 30.3 Å². The first-order valence-electron chi connectivity index (χ1n) is 8.12. The molecule has 0 fully saturated rings. The highest BCUT2D eigenvalue weighted by atomic mass is 16.4. The molecule has 0 aliphatic heterocycles. The Morgan fingerprint density at radius 2 is 1.73 bits per heavy atom. The lowest BCUT2D eigenvalue weighted by atomic mass is 10.2. The van der Waals surface area contributed by atoms with Crippen LogP contribution in [0.2, 0.25) is 0 Å². The van der Waals surface area contributed by atoms with Crippen molar-refractivity contribution in [3.8, 4) is 0 Å². The number of carboxylic acid groups (broad SMARTS) is 1. The van der Waals surface area contributed by atoms with Crippen molar-refractivity contribution < 1.29 is 24.3 Å². The van der Waals surface area contributed by atoms with Gasteiger partial charge in [0.05, 0.1) is 0 Å². The van der Waals surface area contributed by atoms with E-state index in [-0.39, 0.29) is 19.0 Å². The van der Waals surface area contributed by atoms with E-state index in [9.17, 15) is 24.3 Å². The summed E-state index contributed by atoms with van der Waals surface area (Å²) < 4.78 is 0. The number of hydrogen-bond acceptors (Lipinski definition) is 4. The molecule has 0 radical (unpaired) electrons. The van der Waals surface area contributed by atoms with Gasteiger partial charge in [-0.05, 0) is 26.0 Å². The standard InChI is InChI=1S/C17H24N4O5/c1-11(19-17(26)20-14-7-5-4-6-8-14)15(23)21(12(2)16(24)25)10-9-18-13(3)22/h4-8,11-12H,9-10H2,1-3H3,(H,18,22)(H,24,25)(H2,19,20,26). The van der Waals surface area contributed by atoms with Gasteiger partial charge in [0.15, 0.2) is 0 Å². The van der Waals surface area contributed by atoms with Crippen LogP contribution < -0.4 is 16.0 Å². The minimum Gasteiger partial charge on any atom is -0.480 e. The molecular formula is C17H24N4O5. The van der Waals surface area contributed by atoms with Crippen molar-refractivity contribution in [2.75, 3.05) is 18.4 Å². The number of hydrogen-bond donors (Lipinski definition) is 4. The molecule has 0 saturated carbocycles. The Kier molecular flexibility index (Phi) is 8.07. The minimum atomic E-state index is -1.18. The van der Waals surface area contributed by atoms with E-state index in [4.69, 9.17) is 0 Å². The minimum absolute atomic E-state index is 0.0121. The highest BCUT2D eigenvalue weighted by molar-refractivity contribution is 5.94. The van der Waals surface area contributed by atoms with Gasteiger partial charge in [-0.1, -0.05) is 18.2 Å². The highest BCUT2D eigenvalue weighted by Gasteiger charge is 2.29. The maximum atomic E-state index is 12.6. The fraction of sp³-hybridized carbons (Fsp3) is 0.412. The zero-order chi connectivity index (χ0) is 19.7. The molecule has 2 atom stereocenters. The second-order valence-electron chi connectivity index (χ2n) is 5.71. The molecule has 2 unspecified atom stereocenters. The molecule has 26 heavy (non-hydrogen) atoms. The van der Waals surface area contributed by atoms with Gasteiger partial charge in [0.1, 0.15) is 12.1 Å². The average molecular weight is 364 g/mol. The number of urea groups is 1. The van der Waals surface area contributed by atoms with E-state index in [1.165, 1.54) is 20.8 Å². The van der Waals surface area contributed by atoms with Crippen molar-refractivity contribution in [2.24, 2.45) is 0 Å². The zero-order valence-corrected chi connectivity index (χ0v) is 15.0. The number of rotatable bonds is 8. The lowest BCUT2D eigenvalue weighted by Crippen LogP contribution is -2.54. The summed E-state index contributed by atoms with van der Waals surface area (Å²) in [5.74, 6) is -2.02. The van der Waals surface area contributed by atoms with Crippen molar-refractivity contribution in [3.63, 3.8) is 0 Å². The lowest BCUT2D eigenvalue weighted by Gasteiger charge is -2.29. The molecule has 4 amide bonds. The first-order chi connectivity index (χ1) is 12.2. The number of carboxylic acids is 1. The van der Waals surface area contributed by atoms with E-state index < -0.39 is 30.0 Å². The van der Waals surface area contributed by atoms with Crippen LogP contribution in [0.4, 0.5) is 10.5 Å². The first kappa shape index (κ1) is 20.9. The number of benzene rings is 1. The number of carbonyl (C=O) groups is 4. The molecule has 1 aromatic rings. The Morgan fingerprint density at radius 3 is 2.27 bits per heavy atom.